The minimum Gasteiger partial charge on any atom is -0.481 e. The number of halogens is 2. The van der Waals surface area contributed by atoms with Crippen LogP contribution in [-0.4, -0.2) is 38.8 Å². The Morgan fingerprint density at radius 3 is 2.00 bits per heavy atom. The molecule has 2 bridgehead atoms. The second-order valence-corrected chi connectivity index (χ2v) is 5.86. The molecule has 5 nitrogen and oxygen atoms in total. The third-order valence-electron chi connectivity index (χ3n) is 2.95. The van der Waals surface area contributed by atoms with Gasteiger partial charge in [-0.2, -0.15) is 0 Å². The third-order valence-corrected chi connectivity index (χ3v) is 5.85. The highest BCUT2D eigenvalue weighted by Crippen LogP contribution is 2.49. The van der Waals surface area contributed by atoms with Gasteiger partial charge in [0, 0.05) is 0 Å². The highest BCUT2D eigenvalue weighted by molar-refractivity contribution is 9.12. The first-order valence-corrected chi connectivity index (χ1v) is 6.24. The number of carbonyl (C=O) groups is 2. The Bertz CT molecular complexity index is 294. The van der Waals surface area contributed by atoms with Crippen molar-refractivity contribution in [2.75, 3.05) is 0 Å². The molecule has 0 aromatic heterocycles. The van der Waals surface area contributed by atoms with E-state index in [1.807, 2.05) is 0 Å². The maximum Gasteiger partial charge on any atom is 0.310 e. The van der Waals surface area contributed by atoms with Crippen molar-refractivity contribution in [3.8, 4) is 0 Å². The Kier molecular flexibility index (Phi) is 2.81. The van der Waals surface area contributed by atoms with Gasteiger partial charge in [-0.3, -0.25) is 9.59 Å². The van der Waals surface area contributed by atoms with Crippen molar-refractivity contribution in [2.45, 2.75) is 21.9 Å². The maximum absolute atomic E-state index is 11.2. The van der Waals surface area contributed by atoms with E-state index in [-0.39, 0.29) is 9.65 Å². The SMILES string of the molecule is NC(=O)[C@@H]1[C@H]2O[C@@H]([C@H](Br)[C@@H]2Br)[C@@H]1C(=O)O. The molecule has 7 heteroatoms. The molecule has 2 rings (SSSR count). The molecule has 6 atom stereocenters. The highest BCUT2D eigenvalue weighted by atomic mass is 79.9. The van der Waals surface area contributed by atoms with E-state index in [0.29, 0.717) is 0 Å². The molecule has 0 unspecified atom stereocenters. The standard InChI is InChI=1S/C8H9Br2NO4/c9-3-4(10)6-2(8(13)14)1(7(11)12)5(3)15-6/h1-6H,(H2,11,12)(H,13,14)/t1-,2+,3-,4+,5+,6+/m0/s1. The molecule has 15 heavy (non-hydrogen) atoms. The summed E-state index contributed by atoms with van der Waals surface area (Å²) in [6, 6.07) is 0. The van der Waals surface area contributed by atoms with Crippen LogP contribution in [0, 0.1) is 11.8 Å². The normalized spacial score (nSPS) is 48.1. The van der Waals surface area contributed by atoms with Gasteiger partial charge in [0.05, 0.1) is 33.7 Å². The number of aliphatic carboxylic acids is 1. The highest BCUT2D eigenvalue weighted by Gasteiger charge is 2.62. The molecule has 0 aromatic rings. The predicted molar refractivity (Wildman–Crippen MR) is 57.9 cm³/mol. The van der Waals surface area contributed by atoms with Crippen LogP contribution < -0.4 is 5.73 Å². The van der Waals surface area contributed by atoms with Gasteiger partial charge in [0.25, 0.3) is 0 Å². The fourth-order valence-corrected chi connectivity index (χ4v) is 3.81. The fraction of sp³-hybridized carbons (Fsp3) is 0.750. The molecule has 84 valence electrons. The summed E-state index contributed by atoms with van der Waals surface area (Å²) in [6.45, 7) is 0. The van der Waals surface area contributed by atoms with Gasteiger partial charge >= 0.3 is 5.97 Å². The van der Waals surface area contributed by atoms with Gasteiger partial charge in [-0.15, -0.1) is 0 Å². The molecule has 2 aliphatic rings. The zero-order valence-corrected chi connectivity index (χ0v) is 10.6. The molecule has 0 spiro atoms. The molecule has 1 amide bonds. The van der Waals surface area contributed by atoms with Crippen LogP contribution in [0.2, 0.25) is 0 Å². The van der Waals surface area contributed by atoms with Crippen molar-refractivity contribution in [2.24, 2.45) is 17.6 Å². The summed E-state index contributed by atoms with van der Waals surface area (Å²) in [5.41, 5.74) is 5.20. The number of carboxylic acid groups (broad SMARTS) is 1. The van der Waals surface area contributed by atoms with Crippen molar-refractivity contribution < 1.29 is 19.4 Å². The van der Waals surface area contributed by atoms with Crippen LogP contribution in [0.3, 0.4) is 0 Å². The lowest BCUT2D eigenvalue weighted by atomic mass is 9.79. The Labute approximate surface area is 103 Å². The average Bonchev–Trinajstić information content (AvgIpc) is 2.64. The van der Waals surface area contributed by atoms with E-state index in [1.165, 1.54) is 0 Å². The Morgan fingerprint density at radius 2 is 1.60 bits per heavy atom. The van der Waals surface area contributed by atoms with Crippen LogP contribution in [0.5, 0.6) is 0 Å². The second-order valence-electron chi connectivity index (χ2n) is 3.75. The van der Waals surface area contributed by atoms with Crippen molar-refractivity contribution in [1.82, 2.24) is 0 Å². The van der Waals surface area contributed by atoms with E-state index in [1.54, 1.807) is 0 Å². The molecule has 3 N–H and O–H groups in total. The fourth-order valence-electron chi connectivity index (χ4n) is 2.30. The molecule has 0 aromatic carbocycles. The molecule has 2 heterocycles. The van der Waals surface area contributed by atoms with Gasteiger partial charge in [-0.25, -0.2) is 0 Å². The van der Waals surface area contributed by atoms with Gasteiger partial charge in [0.15, 0.2) is 0 Å². The van der Waals surface area contributed by atoms with E-state index in [4.69, 9.17) is 15.6 Å². The van der Waals surface area contributed by atoms with E-state index in [0.717, 1.165) is 0 Å². The minimum absolute atomic E-state index is 0.0735. The number of carboxylic acids is 1. The number of hydrogen-bond acceptors (Lipinski definition) is 3. The smallest absolute Gasteiger partial charge is 0.310 e. The molecular weight excluding hydrogens is 334 g/mol. The second kappa shape index (κ2) is 3.71. The number of ether oxygens (including phenoxy) is 1. The summed E-state index contributed by atoms with van der Waals surface area (Å²) in [6.07, 6.45) is -0.938. The number of alkyl halides is 2. The minimum atomic E-state index is -1.03. The van der Waals surface area contributed by atoms with E-state index in [9.17, 15) is 9.59 Å². The molecule has 2 aliphatic heterocycles. The maximum atomic E-state index is 11.2. The largest absolute Gasteiger partial charge is 0.481 e. The average molecular weight is 343 g/mol. The van der Waals surface area contributed by atoms with Crippen LogP contribution in [0.4, 0.5) is 0 Å². The van der Waals surface area contributed by atoms with Gasteiger partial charge < -0.3 is 15.6 Å². The zero-order valence-electron chi connectivity index (χ0n) is 7.47. The van der Waals surface area contributed by atoms with Gasteiger partial charge in [0.1, 0.15) is 0 Å². The van der Waals surface area contributed by atoms with Gasteiger partial charge in [-0.1, -0.05) is 31.9 Å². The van der Waals surface area contributed by atoms with Crippen molar-refractivity contribution in [3.05, 3.63) is 0 Å². The third kappa shape index (κ3) is 1.52. The van der Waals surface area contributed by atoms with E-state index < -0.39 is 35.9 Å². The summed E-state index contributed by atoms with van der Waals surface area (Å²) in [4.78, 5) is 22.1. The van der Waals surface area contributed by atoms with Crippen LogP contribution in [0.15, 0.2) is 0 Å². The number of carbonyl (C=O) groups excluding carboxylic acids is 1. The molecule has 0 radical (unpaired) electrons. The van der Waals surface area contributed by atoms with E-state index in [2.05, 4.69) is 31.9 Å². The summed E-state index contributed by atoms with van der Waals surface area (Å²) >= 11 is 6.73. The monoisotopic (exact) mass is 341 g/mol. The number of primary amides is 1. The molecule has 0 saturated carbocycles. The number of amides is 1. The molecule has 0 aliphatic carbocycles. The topological polar surface area (TPSA) is 89.6 Å². The summed E-state index contributed by atoms with van der Waals surface area (Å²) in [5.74, 6) is -3.23. The lowest BCUT2D eigenvalue weighted by Crippen LogP contribution is -2.49. The number of rotatable bonds is 2. The first-order valence-electron chi connectivity index (χ1n) is 4.41. The summed E-state index contributed by atoms with van der Waals surface area (Å²) in [7, 11) is 0. The van der Waals surface area contributed by atoms with E-state index >= 15 is 0 Å². The van der Waals surface area contributed by atoms with Crippen LogP contribution in [-0.2, 0) is 14.3 Å². The number of nitrogens with two attached hydrogens (primary N) is 1. The lowest BCUT2D eigenvalue weighted by molar-refractivity contribution is -0.147. The van der Waals surface area contributed by atoms with Crippen molar-refractivity contribution in [1.29, 1.82) is 0 Å². The lowest BCUT2D eigenvalue weighted by Gasteiger charge is -2.28. The number of hydrogen-bond donors (Lipinski definition) is 2. The first kappa shape index (κ1) is 11.3. The van der Waals surface area contributed by atoms with Crippen LogP contribution in [0.25, 0.3) is 0 Å². The Hall–Kier alpha value is -0.140. The zero-order chi connectivity index (χ0) is 11.3. The van der Waals surface area contributed by atoms with Crippen molar-refractivity contribution >= 4 is 43.7 Å². The van der Waals surface area contributed by atoms with Gasteiger partial charge in [-0.05, 0) is 0 Å². The molecule has 2 saturated heterocycles. The first-order chi connectivity index (χ1) is 6.95. The predicted octanol–water partition coefficient (Wildman–Crippen LogP) is 0.0967. The van der Waals surface area contributed by atoms with Crippen LogP contribution >= 0.6 is 31.9 Å². The molecular formula is C8H9Br2NO4. The van der Waals surface area contributed by atoms with Crippen molar-refractivity contribution in [3.63, 3.8) is 0 Å². The Morgan fingerprint density at radius 1 is 1.13 bits per heavy atom. The van der Waals surface area contributed by atoms with Crippen LogP contribution in [0.1, 0.15) is 0 Å². The Balaban J connectivity index is 2.32. The summed E-state index contributed by atoms with van der Waals surface area (Å²) < 4.78 is 5.47. The van der Waals surface area contributed by atoms with Gasteiger partial charge in [0.2, 0.25) is 5.91 Å². The summed E-state index contributed by atoms with van der Waals surface area (Å²) in [5, 5.41) is 9.03. The number of fused-ring (bicyclic) bond motifs is 2. The quantitative estimate of drug-likeness (QED) is 0.696. The molecule has 2 fully saturated rings.